The first-order valence-corrected chi connectivity index (χ1v) is 8.46. The van der Waals surface area contributed by atoms with Gasteiger partial charge in [-0.15, -0.1) is 5.10 Å². The molecule has 2 N–H and O–H groups in total. The molecule has 1 saturated carbocycles. The molecule has 0 amide bonds. The summed E-state index contributed by atoms with van der Waals surface area (Å²) in [5.41, 5.74) is 9.72. The fourth-order valence-electron chi connectivity index (χ4n) is 2.93. The highest BCUT2D eigenvalue weighted by molar-refractivity contribution is 5.53. The molecule has 21 heavy (non-hydrogen) atoms. The van der Waals surface area contributed by atoms with Crippen LogP contribution >= 0.6 is 0 Å². The molecule has 0 unspecified atom stereocenters. The predicted molar refractivity (Wildman–Crippen MR) is 88.5 cm³/mol. The Morgan fingerprint density at radius 2 is 1.86 bits per heavy atom. The number of aryl methyl sites for hydroxylation is 1. The maximum absolute atomic E-state index is 6.07. The summed E-state index contributed by atoms with van der Waals surface area (Å²) in [7, 11) is 0. The van der Waals surface area contributed by atoms with Crippen molar-refractivity contribution < 1.29 is 0 Å². The summed E-state index contributed by atoms with van der Waals surface area (Å²) in [6.07, 6.45) is 5.67. The first-order chi connectivity index (χ1) is 10.1. The van der Waals surface area contributed by atoms with E-state index in [2.05, 4.69) is 42.8 Å². The molecular weight excluding hydrogens is 260 g/mol. The Morgan fingerprint density at radius 1 is 1.14 bits per heavy atom. The second kappa shape index (κ2) is 7.21. The molecule has 118 valence electrons. The Morgan fingerprint density at radius 3 is 2.33 bits per heavy atom. The number of nitrogens with zero attached hydrogens (tertiary/aromatic N) is 3. The van der Waals surface area contributed by atoms with Crippen molar-refractivity contribution in [2.24, 2.45) is 11.7 Å². The maximum atomic E-state index is 6.07. The largest absolute Gasteiger partial charge is 0.352 e. The molecule has 4 nitrogen and oxygen atoms in total. The zero-order valence-corrected chi connectivity index (χ0v) is 14.0. The molecule has 0 saturated heterocycles. The summed E-state index contributed by atoms with van der Waals surface area (Å²) in [5, 5.41) is 9.05. The van der Waals surface area contributed by atoms with Crippen LogP contribution in [0.4, 0.5) is 5.82 Å². The van der Waals surface area contributed by atoms with Gasteiger partial charge in [0.15, 0.2) is 5.82 Å². The Labute approximate surface area is 129 Å². The number of rotatable bonds is 8. The summed E-state index contributed by atoms with van der Waals surface area (Å²) in [6, 6.07) is 0.653. The van der Waals surface area contributed by atoms with Crippen molar-refractivity contribution in [2.45, 2.75) is 72.4 Å². The van der Waals surface area contributed by atoms with Crippen LogP contribution in [0.15, 0.2) is 0 Å². The molecule has 0 aliphatic heterocycles. The SMILES string of the molecule is CCc1nnc(N(CCC(C)C)C2CC2)c(CN)c1CC. The molecule has 0 atom stereocenters. The molecule has 1 aliphatic rings. The number of hydrogen-bond donors (Lipinski definition) is 1. The van der Waals surface area contributed by atoms with Crippen LogP contribution < -0.4 is 10.6 Å². The van der Waals surface area contributed by atoms with Crippen LogP contribution in [0.2, 0.25) is 0 Å². The summed E-state index contributed by atoms with van der Waals surface area (Å²) in [4.78, 5) is 2.47. The number of anilines is 1. The lowest BCUT2D eigenvalue weighted by Crippen LogP contribution is -2.31. The maximum Gasteiger partial charge on any atom is 0.156 e. The third-order valence-electron chi connectivity index (χ3n) is 4.35. The van der Waals surface area contributed by atoms with Crippen molar-refractivity contribution in [3.8, 4) is 0 Å². The molecule has 1 aliphatic carbocycles. The third-order valence-corrected chi connectivity index (χ3v) is 4.35. The van der Waals surface area contributed by atoms with Crippen molar-refractivity contribution in [2.75, 3.05) is 11.4 Å². The van der Waals surface area contributed by atoms with E-state index in [4.69, 9.17) is 5.73 Å². The molecule has 0 radical (unpaired) electrons. The Kier molecular flexibility index (Phi) is 5.57. The van der Waals surface area contributed by atoms with Crippen LogP contribution in [-0.4, -0.2) is 22.8 Å². The van der Waals surface area contributed by atoms with Crippen molar-refractivity contribution in [1.82, 2.24) is 10.2 Å². The van der Waals surface area contributed by atoms with Crippen LogP contribution in [0.3, 0.4) is 0 Å². The Bertz CT molecular complexity index is 466. The third kappa shape index (κ3) is 3.73. The van der Waals surface area contributed by atoms with E-state index in [0.29, 0.717) is 18.5 Å². The van der Waals surface area contributed by atoms with Gasteiger partial charge in [0.05, 0.1) is 5.69 Å². The van der Waals surface area contributed by atoms with Crippen molar-refractivity contribution in [1.29, 1.82) is 0 Å². The average Bonchev–Trinajstić information content (AvgIpc) is 3.30. The quantitative estimate of drug-likeness (QED) is 0.799. The van der Waals surface area contributed by atoms with Gasteiger partial charge in [0.2, 0.25) is 0 Å². The van der Waals surface area contributed by atoms with Gasteiger partial charge in [0, 0.05) is 24.7 Å². The molecule has 4 heteroatoms. The van der Waals surface area contributed by atoms with Gasteiger partial charge in [0.25, 0.3) is 0 Å². The summed E-state index contributed by atoms with van der Waals surface area (Å²) in [5.74, 6) is 1.76. The molecule has 1 fully saturated rings. The highest BCUT2D eigenvalue weighted by Gasteiger charge is 2.32. The fraction of sp³-hybridized carbons (Fsp3) is 0.765. The normalized spacial score (nSPS) is 14.8. The van der Waals surface area contributed by atoms with Crippen LogP contribution in [0.25, 0.3) is 0 Å². The van der Waals surface area contributed by atoms with Gasteiger partial charge in [-0.2, -0.15) is 5.10 Å². The first-order valence-electron chi connectivity index (χ1n) is 8.46. The zero-order valence-electron chi connectivity index (χ0n) is 14.0. The molecule has 0 spiro atoms. The minimum atomic E-state index is 0.561. The van der Waals surface area contributed by atoms with Gasteiger partial charge in [-0.25, -0.2) is 0 Å². The molecule has 1 aromatic heterocycles. The van der Waals surface area contributed by atoms with Crippen LogP contribution in [0, 0.1) is 5.92 Å². The number of aromatic nitrogens is 2. The van der Waals surface area contributed by atoms with Crippen LogP contribution in [0.5, 0.6) is 0 Å². The van der Waals surface area contributed by atoms with E-state index in [1.54, 1.807) is 0 Å². The summed E-state index contributed by atoms with van der Waals surface area (Å²) < 4.78 is 0. The minimum Gasteiger partial charge on any atom is -0.352 e. The van der Waals surface area contributed by atoms with Crippen molar-refractivity contribution >= 4 is 5.82 Å². The number of nitrogens with two attached hydrogens (primary N) is 1. The van der Waals surface area contributed by atoms with E-state index in [-0.39, 0.29) is 0 Å². The Hall–Kier alpha value is -1.16. The second-order valence-corrected chi connectivity index (χ2v) is 6.45. The molecule has 1 heterocycles. The zero-order chi connectivity index (χ0) is 15.4. The van der Waals surface area contributed by atoms with Gasteiger partial charge in [-0.05, 0) is 43.6 Å². The van der Waals surface area contributed by atoms with E-state index >= 15 is 0 Å². The smallest absolute Gasteiger partial charge is 0.156 e. The lowest BCUT2D eigenvalue weighted by molar-refractivity contribution is 0.565. The van der Waals surface area contributed by atoms with Gasteiger partial charge in [-0.1, -0.05) is 27.7 Å². The van der Waals surface area contributed by atoms with Gasteiger partial charge < -0.3 is 10.6 Å². The van der Waals surface area contributed by atoms with E-state index < -0.39 is 0 Å². The van der Waals surface area contributed by atoms with E-state index in [1.807, 2.05) is 0 Å². The fourth-order valence-corrected chi connectivity index (χ4v) is 2.93. The summed E-state index contributed by atoms with van der Waals surface area (Å²) in [6.45, 7) is 10.5. The predicted octanol–water partition coefficient (Wildman–Crippen LogP) is 3.08. The highest BCUT2D eigenvalue weighted by Crippen LogP contribution is 2.34. The summed E-state index contributed by atoms with van der Waals surface area (Å²) >= 11 is 0. The van der Waals surface area contributed by atoms with Gasteiger partial charge >= 0.3 is 0 Å². The highest BCUT2D eigenvalue weighted by atomic mass is 15.3. The van der Waals surface area contributed by atoms with E-state index in [0.717, 1.165) is 30.9 Å². The first kappa shape index (κ1) is 16.2. The Balaban J connectivity index is 2.35. The van der Waals surface area contributed by atoms with E-state index in [1.165, 1.54) is 30.4 Å². The standard InChI is InChI=1S/C17H30N4/c1-5-14-15(11-18)17(20-19-16(14)6-2)21(13-7-8-13)10-9-12(3)4/h12-13H,5-11,18H2,1-4H3. The number of hydrogen-bond acceptors (Lipinski definition) is 4. The van der Waals surface area contributed by atoms with E-state index in [9.17, 15) is 0 Å². The van der Waals surface area contributed by atoms with Crippen LogP contribution in [-0.2, 0) is 19.4 Å². The monoisotopic (exact) mass is 290 g/mol. The topological polar surface area (TPSA) is 55.0 Å². The molecule has 0 aromatic carbocycles. The molecule has 0 bridgehead atoms. The molecule has 1 aromatic rings. The van der Waals surface area contributed by atoms with Crippen molar-refractivity contribution in [3.63, 3.8) is 0 Å². The lowest BCUT2D eigenvalue weighted by atomic mass is 10.0. The van der Waals surface area contributed by atoms with Crippen LogP contribution in [0.1, 0.15) is 63.8 Å². The van der Waals surface area contributed by atoms with Gasteiger partial charge in [0.1, 0.15) is 0 Å². The lowest BCUT2D eigenvalue weighted by Gasteiger charge is -2.27. The molecule has 2 rings (SSSR count). The van der Waals surface area contributed by atoms with Crippen molar-refractivity contribution in [3.05, 3.63) is 16.8 Å². The van der Waals surface area contributed by atoms with Gasteiger partial charge in [-0.3, -0.25) is 0 Å². The second-order valence-electron chi connectivity index (χ2n) is 6.45. The average molecular weight is 290 g/mol. The minimum absolute atomic E-state index is 0.561. The molecular formula is C17H30N4.